The molecule has 1 saturated heterocycles. The van der Waals surface area contributed by atoms with Gasteiger partial charge in [-0.25, -0.2) is 8.42 Å². The number of phenols is 1. The molecule has 0 radical (unpaired) electrons. The van der Waals surface area contributed by atoms with Gasteiger partial charge in [-0.1, -0.05) is 6.07 Å². The van der Waals surface area contributed by atoms with Gasteiger partial charge in [-0.2, -0.15) is 0 Å². The summed E-state index contributed by atoms with van der Waals surface area (Å²) in [6.07, 6.45) is 0.685. The van der Waals surface area contributed by atoms with Gasteiger partial charge >= 0.3 is 0 Å². The van der Waals surface area contributed by atoms with Crippen molar-refractivity contribution < 1.29 is 13.5 Å². The number of benzene rings is 1. The highest BCUT2D eigenvalue weighted by molar-refractivity contribution is 7.91. The summed E-state index contributed by atoms with van der Waals surface area (Å²) in [4.78, 5) is 2.02. The monoisotopic (exact) mass is 283 g/mol. The number of phenolic OH excluding ortho intramolecular Hbond substituents is 1. The minimum atomic E-state index is -2.86. The molecule has 1 fully saturated rings. The molecule has 1 aromatic rings. The van der Waals surface area contributed by atoms with Crippen LogP contribution in [0.2, 0.25) is 0 Å². The number of aryl methyl sites for hydroxylation is 2. The zero-order valence-electron chi connectivity index (χ0n) is 11.7. The molecule has 1 heterocycles. The quantitative estimate of drug-likeness (QED) is 0.916. The van der Waals surface area contributed by atoms with Crippen LogP contribution in [-0.2, 0) is 16.4 Å². The van der Waals surface area contributed by atoms with Gasteiger partial charge in [0.05, 0.1) is 11.5 Å². The molecule has 0 aliphatic carbocycles. The van der Waals surface area contributed by atoms with E-state index in [4.69, 9.17) is 0 Å². The third kappa shape index (κ3) is 3.28. The van der Waals surface area contributed by atoms with Crippen molar-refractivity contribution in [3.05, 3.63) is 28.8 Å². The van der Waals surface area contributed by atoms with Gasteiger partial charge in [-0.05, 0) is 44.5 Å². The average molecular weight is 283 g/mol. The Morgan fingerprint density at radius 2 is 1.95 bits per heavy atom. The fourth-order valence-electron chi connectivity index (χ4n) is 2.51. The summed E-state index contributed by atoms with van der Waals surface area (Å²) in [5, 5.41) is 9.97. The van der Waals surface area contributed by atoms with E-state index in [1.807, 2.05) is 31.9 Å². The summed E-state index contributed by atoms with van der Waals surface area (Å²) in [6.45, 7) is 4.55. The van der Waals surface area contributed by atoms with Crippen LogP contribution in [0.4, 0.5) is 0 Å². The number of hydrogen-bond donors (Lipinski definition) is 1. The first-order chi connectivity index (χ1) is 8.78. The Bertz CT molecular complexity index is 581. The Balaban J connectivity index is 2.11. The minimum Gasteiger partial charge on any atom is -0.508 e. The summed E-state index contributed by atoms with van der Waals surface area (Å²) >= 11 is 0. The number of hydrogen-bond acceptors (Lipinski definition) is 4. The lowest BCUT2D eigenvalue weighted by atomic mass is 10.0. The molecule has 0 spiro atoms. The van der Waals surface area contributed by atoms with Gasteiger partial charge in [0.15, 0.2) is 9.84 Å². The second-order valence-corrected chi connectivity index (χ2v) is 7.77. The minimum absolute atomic E-state index is 0.0611. The van der Waals surface area contributed by atoms with E-state index in [9.17, 15) is 13.5 Å². The standard InChI is InChI=1S/C14H21NO3S/c1-10-6-12(14(16)7-11(10)2)8-15(3)13-4-5-19(17,18)9-13/h6-7,13,16H,4-5,8-9H2,1-3H3. The van der Waals surface area contributed by atoms with Crippen molar-refractivity contribution in [1.29, 1.82) is 0 Å². The van der Waals surface area contributed by atoms with E-state index in [0.717, 1.165) is 16.7 Å². The van der Waals surface area contributed by atoms with E-state index < -0.39 is 9.84 Å². The molecule has 19 heavy (non-hydrogen) atoms. The zero-order valence-corrected chi connectivity index (χ0v) is 12.5. The molecular formula is C14H21NO3S. The van der Waals surface area contributed by atoms with Crippen LogP contribution in [0.5, 0.6) is 5.75 Å². The molecule has 5 heteroatoms. The summed E-state index contributed by atoms with van der Waals surface area (Å²) in [5.74, 6) is 0.798. The normalized spacial score (nSPS) is 22.0. The van der Waals surface area contributed by atoms with E-state index >= 15 is 0 Å². The number of nitrogens with zero attached hydrogens (tertiary/aromatic N) is 1. The third-order valence-electron chi connectivity index (χ3n) is 3.95. The molecule has 4 nitrogen and oxygen atoms in total. The van der Waals surface area contributed by atoms with Crippen molar-refractivity contribution in [2.45, 2.75) is 32.9 Å². The summed E-state index contributed by atoms with van der Waals surface area (Å²) in [6, 6.07) is 3.81. The van der Waals surface area contributed by atoms with Crippen molar-refractivity contribution in [2.24, 2.45) is 0 Å². The second kappa shape index (κ2) is 5.13. The molecular weight excluding hydrogens is 262 g/mol. The van der Waals surface area contributed by atoms with Crippen molar-refractivity contribution in [3.8, 4) is 5.75 Å². The maximum Gasteiger partial charge on any atom is 0.151 e. The van der Waals surface area contributed by atoms with Gasteiger partial charge in [-0.15, -0.1) is 0 Å². The topological polar surface area (TPSA) is 57.6 Å². The lowest BCUT2D eigenvalue weighted by Gasteiger charge is -2.23. The van der Waals surface area contributed by atoms with Gasteiger partial charge in [-0.3, -0.25) is 4.90 Å². The number of aromatic hydroxyl groups is 1. The van der Waals surface area contributed by atoms with Crippen LogP contribution in [0.1, 0.15) is 23.1 Å². The third-order valence-corrected chi connectivity index (χ3v) is 5.70. The SMILES string of the molecule is Cc1cc(O)c(CN(C)C2CCS(=O)(=O)C2)cc1C. The molecule has 106 valence electrons. The van der Waals surface area contributed by atoms with Crippen molar-refractivity contribution in [3.63, 3.8) is 0 Å². The molecule has 0 bridgehead atoms. The smallest absolute Gasteiger partial charge is 0.151 e. The van der Waals surface area contributed by atoms with E-state index in [1.54, 1.807) is 6.07 Å². The van der Waals surface area contributed by atoms with Gasteiger partial charge in [0, 0.05) is 18.2 Å². The Morgan fingerprint density at radius 1 is 1.32 bits per heavy atom. The first kappa shape index (κ1) is 14.3. The number of rotatable bonds is 3. The van der Waals surface area contributed by atoms with Gasteiger partial charge in [0.1, 0.15) is 5.75 Å². The molecule has 1 aromatic carbocycles. The van der Waals surface area contributed by atoms with Gasteiger partial charge < -0.3 is 5.11 Å². The Kier molecular flexibility index (Phi) is 3.87. The molecule has 1 unspecified atom stereocenters. The van der Waals surface area contributed by atoms with Crippen LogP contribution in [-0.4, -0.2) is 43.0 Å². The molecule has 0 saturated carbocycles. The largest absolute Gasteiger partial charge is 0.508 e. The van der Waals surface area contributed by atoms with Crippen molar-refractivity contribution >= 4 is 9.84 Å². The number of sulfone groups is 1. The Hall–Kier alpha value is -1.07. The van der Waals surface area contributed by atoms with Gasteiger partial charge in [0.2, 0.25) is 0 Å². The Labute approximate surface area is 115 Å². The molecule has 1 aliphatic heterocycles. The summed E-state index contributed by atoms with van der Waals surface area (Å²) in [5.41, 5.74) is 3.06. The van der Waals surface area contributed by atoms with Crippen LogP contribution in [0, 0.1) is 13.8 Å². The Morgan fingerprint density at radius 3 is 2.53 bits per heavy atom. The fraction of sp³-hybridized carbons (Fsp3) is 0.571. The second-order valence-electron chi connectivity index (χ2n) is 5.54. The van der Waals surface area contributed by atoms with Crippen molar-refractivity contribution in [2.75, 3.05) is 18.6 Å². The van der Waals surface area contributed by atoms with Crippen LogP contribution in [0.15, 0.2) is 12.1 Å². The highest BCUT2D eigenvalue weighted by Crippen LogP contribution is 2.25. The molecule has 1 N–H and O–H groups in total. The highest BCUT2D eigenvalue weighted by atomic mass is 32.2. The van der Waals surface area contributed by atoms with Crippen molar-refractivity contribution in [1.82, 2.24) is 4.90 Å². The van der Waals surface area contributed by atoms with E-state index in [-0.39, 0.29) is 23.3 Å². The molecule has 2 rings (SSSR count). The molecule has 0 amide bonds. The zero-order chi connectivity index (χ0) is 14.2. The van der Waals surface area contributed by atoms with E-state index in [2.05, 4.69) is 0 Å². The fourth-order valence-corrected chi connectivity index (χ4v) is 4.31. The van der Waals surface area contributed by atoms with Crippen LogP contribution in [0.25, 0.3) is 0 Å². The van der Waals surface area contributed by atoms with Gasteiger partial charge in [0.25, 0.3) is 0 Å². The van der Waals surface area contributed by atoms with E-state index in [1.165, 1.54) is 0 Å². The molecule has 1 atom stereocenters. The van der Waals surface area contributed by atoms with Crippen LogP contribution in [0.3, 0.4) is 0 Å². The molecule has 1 aliphatic rings. The predicted molar refractivity (Wildman–Crippen MR) is 76.1 cm³/mol. The average Bonchev–Trinajstić information content (AvgIpc) is 2.66. The van der Waals surface area contributed by atoms with Crippen LogP contribution < -0.4 is 0 Å². The maximum atomic E-state index is 11.5. The first-order valence-corrected chi connectivity index (χ1v) is 8.30. The van der Waals surface area contributed by atoms with E-state index in [0.29, 0.717) is 13.0 Å². The molecule has 0 aromatic heterocycles. The van der Waals surface area contributed by atoms with Crippen LogP contribution >= 0.6 is 0 Å². The maximum absolute atomic E-state index is 11.5. The highest BCUT2D eigenvalue weighted by Gasteiger charge is 2.30. The summed E-state index contributed by atoms with van der Waals surface area (Å²) < 4.78 is 23.0. The first-order valence-electron chi connectivity index (χ1n) is 6.48. The lowest BCUT2D eigenvalue weighted by molar-refractivity contribution is 0.250. The lowest BCUT2D eigenvalue weighted by Crippen LogP contribution is -2.32. The predicted octanol–water partition coefficient (Wildman–Crippen LogP) is 1.63. The summed E-state index contributed by atoms with van der Waals surface area (Å²) in [7, 11) is -0.945.